The van der Waals surface area contributed by atoms with Crippen LogP contribution in [0.2, 0.25) is 0 Å². The molecular formula is C32H26N2O2. The Kier molecular flexibility index (Phi) is 5.30. The van der Waals surface area contributed by atoms with Crippen molar-refractivity contribution in [3.8, 4) is 22.5 Å². The lowest BCUT2D eigenvalue weighted by Crippen LogP contribution is -2.40. The molecule has 0 saturated heterocycles. The van der Waals surface area contributed by atoms with E-state index < -0.39 is 0 Å². The first-order valence-electron chi connectivity index (χ1n) is 12.4. The van der Waals surface area contributed by atoms with E-state index in [0.29, 0.717) is 11.1 Å². The molecule has 5 aromatic rings. The van der Waals surface area contributed by atoms with Gasteiger partial charge in [-0.25, -0.2) is 4.68 Å². The number of carbonyl (C=O) groups is 2. The number of nitrogens with zero attached hydrogens (tertiary/aromatic N) is 2. The number of imide groups is 1. The molecule has 2 amide bonds. The number of fused-ring (bicyclic) bond motifs is 2. The van der Waals surface area contributed by atoms with E-state index in [1.165, 1.54) is 16.1 Å². The number of hydrogen-bond donors (Lipinski definition) is 0. The second kappa shape index (κ2) is 8.65. The highest BCUT2D eigenvalue weighted by Gasteiger charge is 2.39. The van der Waals surface area contributed by atoms with Crippen LogP contribution in [0.3, 0.4) is 0 Å². The van der Waals surface area contributed by atoms with Crippen molar-refractivity contribution in [3.05, 3.63) is 119 Å². The highest BCUT2D eigenvalue weighted by Crippen LogP contribution is 2.41. The first kappa shape index (κ1) is 22.1. The number of rotatable bonds is 5. The van der Waals surface area contributed by atoms with E-state index in [1.54, 1.807) is 24.3 Å². The molecule has 6 rings (SSSR count). The molecule has 4 nitrogen and oxygen atoms in total. The number of aromatic nitrogens is 1. The highest BCUT2D eigenvalue weighted by molar-refractivity contribution is 6.31. The van der Waals surface area contributed by atoms with Gasteiger partial charge in [-0.05, 0) is 36.1 Å². The van der Waals surface area contributed by atoms with Gasteiger partial charge in [0.15, 0.2) is 0 Å². The van der Waals surface area contributed by atoms with Gasteiger partial charge in [-0.3, -0.25) is 9.59 Å². The van der Waals surface area contributed by atoms with Crippen molar-refractivity contribution in [2.45, 2.75) is 26.7 Å². The van der Waals surface area contributed by atoms with E-state index in [0.717, 1.165) is 46.1 Å². The standard InChI is InChI=1S/C32H26N2O2/c1-3-21-13-17-23(18-14-21)29-25-9-5-6-10-26(25)30(24-19-15-22(4-2)16-20-24)33(29)34-31(35)27-11-7-8-12-28(27)32(34)36/h5-20H,3-4H2,1-2H3. The average Bonchev–Trinajstić information content (AvgIpc) is 3.40. The first-order chi connectivity index (χ1) is 17.6. The molecule has 0 unspecified atom stereocenters. The zero-order valence-corrected chi connectivity index (χ0v) is 20.4. The maximum atomic E-state index is 13.7. The third kappa shape index (κ3) is 3.29. The van der Waals surface area contributed by atoms with E-state index in [-0.39, 0.29) is 11.8 Å². The number of hydrogen-bond acceptors (Lipinski definition) is 2. The molecule has 0 radical (unpaired) electrons. The van der Waals surface area contributed by atoms with E-state index in [1.807, 2.05) is 16.8 Å². The second-order valence-corrected chi connectivity index (χ2v) is 9.12. The van der Waals surface area contributed by atoms with Crippen LogP contribution in [0.4, 0.5) is 0 Å². The fourth-order valence-corrected chi connectivity index (χ4v) is 5.15. The normalized spacial score (nSPS) is 13.0. The Balaban J connectivity index is 1.70. The van der Waals surface area contributed by atoms with Gasteiger partial charge in [-0.15, -0.1) is 0 Å². The molecule has 1 aliphatic rings. The van der Waals surface area contributed by atoms with Gasteiger partial charge in [0.1, 0.15) is 0 Å². The molecule has 0 bridgehead atoms. The summed E-state index contributed by atoms with van der Waals surface area (Å²) in [4.78, 5) is 27.5. The Hall–Kier alpha value is -4.44. The van der Waals surface area contributed by atoms with Crippen LogP contribution in [0.5, 0.6) is 0 Å². The Morgan fingerprint density at radius 1 is 0.528 bits per heavy atom. The molecule has 0 atom stereocenters. The molecule has 36 heavy (non-hydrogen) atoms. The van der Waals surface area contributed by atoms with Gasteiger partial charge in [0.2, 0.25) is 0 Å². The SMILES string of the molecule is CCc1ccc(-c2c3ccccc3c(-c3ccc(CC)cc3)n2N2C(=O)c3ccccc3C2=O)cc1. The van der Waals surface area contributed by atoms with Crippen LogP contribution in [0.15, 0.2) is 97.1 Å². The molecule has 4 heteroatoms. The van der Waals surface area contributed by atoms with E-state index >= 15 is 0 Å². The maximum Gasteiger partial charge on any atom is 0.281 e. The number of carbonyl (C=O) groups excluding carboxylic acids is 2. The molecule has 0 fully saturated rings. The predicted octanol–water partition coefficient (Wildman–Crippen LogP) is 7.03. The van der Waals surface area contributed by atoms with Gasteiger partial charge < -0.3 is 0 Å². The van der Waals surface area contributed by atoms with Gasteiger partial charge >= 0.3 is 0 Å². The topological polar surface area (TPSA) is 42.3 Å². The van der Waals surface area contributed by atoms with E-state index in [4.69, 9.17) is 0 Å². The zero-order valence-electron chi connectivity index (χ0n) is 20.4. The minimum atomic E-state index is -0.311. The van der Waals surface area contributed by atoms with Crippen molar-refractivity contribution in [2.24, 2.45) is 0 Å². The van der Waals surface area contributed by atoms with Crippen molar-refractivity contribution in [1.82, 2.24) is 4.68 Å². The van der Waals surface area contributed by atoms with Crippen molar-refractivity contribution in [3.63, 3.8) is 0 Å². The third-order valence-corrected chi connectivity index (χ3v) is 7.10. The number of aryl methyl sites for hydroxylation is 2. The Morgan fingerprint density at radius 2 is 0.917 bits per heavy atom. The maximum absolute atomic E-state index is 13.7. The molecule has 176 valence electrons. The summed E-state index contributed by atoms with van der Waals surface area (Å²) in [6.07, 6.45) is 1.88. The van der Waals surface area contributed by atoms with E-state index in [2.05, 4.69) is 74.5 Å². The van der Waals surface area contributed by atoms with Crippen LogP contribution in [0, 0.1) is 0 Å². The average molecular weight is 471 g/mol. The molecule has 1 aromatic heterocycles. The zero-order chi connectivity index (χ0) is 24.8. The fraction of sp³-hybridized carbons (Fsp3) is 0.125. The minimum Gasteiger partial charge on any atom is -0.267 e. The summed E-state index contributed by atoms with van der Waals surface area (Å²) in [5.74, 6) is -0.623. The largest absolute Gasteiger partial charge is 0.281 e. The molecule has 4 aromatic carbocycles. The lowest BCUT2D eigenvalue weighted by atomic mass is 10.0. The van der Waals surface area contributed by atoms with Crippen LogP contribution in [-0.4, -0.2) is 16.5 Å². The van der Waals surface area contributed by atoms with Gasteiger partial charge in [0.05, 0.1) is 22.5 Å². The molecule has 0 N–H and O–H groups in total. The van der Waals surface area contributed by atoms with Gasteiger partial charge in [-0.2, -0.15) is 5.01 Å². The lowest BCUT2D eigenvalue weighted by molar-refractivity contribution is 0.0888. The molecule has 0 aliphatic carbocycles. The minimum absolute atomic E-state index is 0.311. The summed E-state index contributed by atoms with van der Waals surface area (Å²) < 4.78 is 1.84. The van der Waals surface area contributed by atoms with Crippen LogP contribution in [0.25, 0.3) is 33.3 Å². The molecular weight excluding hydrogens is 444 g/mol. The summed E-state index contributed by atoms with van der Waals surface area (Å²) in [6.45, 7) is 4.26. The van der Waals surface area contributed by atoms with Gasteiger partial charge in [0, 0.05) is 21.9 Å². The quantitative estimate of drug-likeness (QED) is 0.259. The fourth-order valence-electron chi connectivity index (χ4n) is 5.15. The van der Waals surface area contributed by atoms with Gasteiger partial charge in [-0.1, -0.05) is 98.8 Å². The Morgan fingerprint density at radius 3 is 1.31 bits per heavy atom. The molecule has 1 aliphatic heterocycles. The van der Waals surface area contributed by atoms with Crippen LogP contribution >= 0.6 is 0 Å². The smallest absolute Gasteiger partial charge is 0.267 e. The third-order valence-electron chi connectivity index (χ3n) is 7.10. The lowest BCUT2D eigenvalue weighted by Gasteiger charge is -2.23. The van der Waals surface area contributed by atoms with Gasteiger partial charge in [0.25, 0.3) is 11.8 Å². The summed E-state index contributed by atoms with van der Waals surface area (Å²) in [7, 11) is 0. The van der Waals surface area contributed by atoms with Crippen LogP contribution in [-0.2, 0) is 12.8 Å². The summed E-state index contributed by atoms with van der Waals surface area (Å²) in [6, 6.07) is 32.0. The molecule has 0 spiro atoms. The first-order valence-corrected chi connectivity index (χ1v) is 12.4. The number of benzene rings is 4. The highest BCUT2D eigenvalue weighted by atomic mass is 16.2. The Bertz CT molecular complexity index is 1510. The Labute approximate surface area is 210 Å². The van der Waals surface area contributed by atoms with Crippen molar-refractivity contribution < 1.29 is 9.59 Å². The van der Waals surface area contributed by atoms with Crippen LogP contribution < -0.4 is 5.01 Å². The molecule has 0 saturated carbocycles. The molecule has 2 heterocycles. The summed E-state index contributed by atoms with van der Waals surface area (Å²) in [5, 5.41) is 3.30. The second-order valence-electron chi connectivity index (χ2n) is 9.12. The van der Waals surface area contributed by atoms with E-state index in [9.17, 15) is 9.59 Å². The van der Waals surface area contributed by atoms with Crippen molar-refractivity contribution in [1.29, 1.82) is 0 Å². The van der Waals surface area contributed by atoms with Crippen molar-refractivity contribution >= 4 is 22.6 Å². The summed E-state index contributed by atoms with van der Waals surface area (Å²) in [5.41, 5.74) is 6.90. The monoisotopic (exact) mass is 470 g/mol. The van der Waals surface area contributed by atoms with Crippen LogP contribution in [0.1, 0.15) is 45.7 Å². The van der Waals surface area contributed by atoms with Crippen molar-refractivity contribution in [2.75, 3.05) is 5.01 Å². The predicted molar refractivity (Wildman–Crippen MR) is 145 cm³/mol. The summed E-state index contributed by atoms with van der Waals surface area (Å²) >= 11 is 0. The number of amides is 2.